The van der Waals surface area contributed by atoms with Gasteiger partial charge < -0.3 is 15.5 Å². The summed E-state index contributed by atoms with van der Waals surface area (Å²) in [6.07, 6.45) is 11.8. The predicted octanol–water partition coefficient (Wildman–Crippen LogP) is 2.68. The Bertz CT molecular complexity index is 382. The van der Waals surface area contributed by atoms with Gasteiger partial charge >= 0.3 is 0 Å². The average Bonchev–Trinajstić information content (AvgIpc) is 2.66. The molecule has 0 unspecified atom stereocenters. The number of nitrogens with zero attached hydrogens (tertiary/aromatic N) is 3. The molecule has 0 aromatic heterocycles. The van der Waals surface area contributed by atoms with Gasteiger partial charge in [-0.15, -0.1) is 0 Å². The van der Waals surface area contributed by atoms with Gasteiger partial charge in [-0.3, -0.25) is 9.89 Å². The van der Waals surface area contributed by atoms with Crippen molar-refractivity contribution in [1.29, 1.82) is 0 Å². The largest absolute Gasteiger partial charge is 0.356 e. The summed E-state index contributed by atoms with van der Waals surface area (Å²) in [5.41, 5.74) is 0.312. The van der Waals surface area contributed by atoms with E-state index in [2.05, 4.69) is 39.4 Å². The van der Waals surface area contributed by atoms with E-state index in [0.717, 1.165) is 19.0 Å². The molecule has 5 nitrogen and oxygen atoms in total. The molecular formula is C20H41N5. The van der Waals surface area contributed by atoms with Crippen LogP contribution < -0.4 is 10.6 Å². The smallest absolute Gasteiger partial charge is 0.191 e. The monoisotopic (exact) mass is 351 g/mol. The van der Waals surface area contributed by atoms with Crippen molar-refractivity contribution < 1.29 is 0 Å². The summed E-state index contributed by atoms with van der Waals surface area (Å²) in [7, 11) is 4.15. The maximum atomic E-state index is 4.45. The molecule has 0 aliphatic carbocycles. The Labute approximate surface area is 155 Å². The van der Waals surface area contributed by atoms with Gasteiger partial charge in [-0.1, -0.05) is 32.6 Å². The molecule has 0 atom stereocenters. The highest BCUT2D eigenvalue weighted by Crippen LogP contribution is 2.30. The van der Waals surface area contributed by atoms with Crippen LogP contribution in [0.1, 0.15) is 64.7 Å². The van der Waals surface area contributed by atoms with E-state index in [-0.39, 0.29) is 0 Å². The third-order valence-electron chi connectivity index (χ3n) is 6.08. The van der Waals surface area contributed by atoms with E-state index in [1.807, 2.05) is 7.05 Å². The van der Waals surface area contributed by atoms with Gasteiger partial charge in [0.15, 0.2) is 5.96 Å². The van der Waals surface area contributed by atoms with Gasteiger partial charge in [0.1, 0.15) is 0 Å². The van der Waals surface area contributed by atoms with E-state index >= 15 is 0 Å². The minimum atomic E-state index is 0.312. The molecule has 2 N–H and O–H groups in total. The maximum absolute atomic E-state index is 4.45. The Balaban J connectivity index is 1.85. The van der Waals surface area contributed by atoms with Crippen LogP contribution in [0, 0.1) is 0 Å². The van der Waals surface area contributed by atoms with E-state index in [9.17, 15) is 0 Å². The van der Waals surface area contributed by atoms with Gasteiger partial charge in [0, 0.05) is 25.7 Å². The summed E-state index contributed by atoms with van der Waals surface area (Å²) < 4.78 is 0. The second-order valence-electron chi connectivity index (χ2n) is 7.99. The van der Waals surface area contributed by atoms with Crippen molar-refractivity contribution in [3.8, 4) is 0 Å². The fraction of sp³-hybridized carbons (Fsp3) is 0.950. The lowest BCUT2D eigenvalue weighted by Gasteiger charge is -2.50. The molecule has 2 saturated heterocycles. The van der Waals surface area contributed by atoms with Crippen LogP contribution in [0.25, 0.3) is 0 Å². The zero-order valence-corrected chi connectivity index (χ0v) is 16.9. The zero-order valence-electron chi connectivity index (χ0n) is 16.9. The SMILES string of the molecule is CCCCCCNC(=NC)NCC1(N2CCCCC2)CCN(C)CC1. The summed E-state index contributed by atoms with van der Waals surface area (Å²) in [4.78, 5) is 9.70. The van der Waals surface area contributed by atoms with Crippen LogP contribution in [0.3, 0.4) is 0 Å². The number of nitrogens with one attached hydrogen (secondary N) is 2. The van der Waals surface area contributed by atoms with Crippen LogP contribution in [-0.2, 0) is 0 Å². The van der Waals surface area contributed by atoms with Gasteiger partial charge in [-0.25, -0.2) is 0 Å². The average molecular weight is 352 g/mol. The lowest BCUT2D eigenvalue weighted by Crippen LogP contribution is -2.62. The second kappa shape index (κ2) is 11.0. The minimum Gasteiger partial charge on any atom is -0.356 e. The van der Waals surface area contributed by atoms with Crippen LogP contribution in [0.2, 0.25) is 0 Å². The molecular weight excluding hydrogens is 310 g/mol. The normalized spacial score (nSPS) is 22.8. The Hall–Kier alpha value is -0.810. The third-order valence-corrected chi connectivity index (χ3v) is 6.08. The first-order valence-electron chi connectivity index (χ1n) is 10.6. The van der Waals surface area contributed by atoms with Crippen LogP contribution in [0.5, 0.6) is 0 Å². The highest BCUT2D eigenvalue weighted by molar-refractivity contribution is 5.79. The summed E-state index contributed by atoms with van der Waals surface area (Å²) in [6, 6.07) is 0. The van der Waals surface area contributed by atoms with Crippen molar-refractivity contribution in [2.24, 2.45) is 4.99 Å². The van der Waals surface area contributed by atoms with Crippen molar-refractivity contribution in [2.45, 2.75) is 70.3 Å². The molecule has 0 aromatic carbocycles. The molecule has 0 amide bonds. The summed E-state index contributed by atoms with van der Waals surface area (Å²) in [5, 5.41) is 7.17. The highest BCUT2D eigenvalue weighted by atomic mass is 15.3. The molecule has 2 fully saturated rings. The lowest BCUT2D eigenvalue weighted by atomic mass is 9.84. The topological polar surface area (TPSA) is 42.9 Å². The second-order valence-corrected chi connectivity index (χ2v) is 7.99. The van der Waals surface area contributed by atoms with Crippen LogP contribution in [0.15, 0.2) is 4.99 Å². The van der Waals surface area contributed by atoms with Crippen molar-refractivity contribution >= 4 is 5.96 Å². The number of aliphatic imine (C=N–C) groups is 1. The summed E-state index contributed by atoms with van der Waals surface area (Å²) >= 11 is 0. The highest BCUT2D eigenvalue weighted by Gasteiger charge is 2.39. The summed E-state index contributed by atoms with van der Waals surface area (Å²) in [6.45, 7) is 9.27. The van der Waals surface area contributed by atoms with Gasteiger partial charge in [0.25, 0.3) is 0 Å². The third kappa shape index (κ3) is 6.45. The van der Waals surface area contributed by atoms with Crippen molar-refractivity contribution in [3.63, 3.8) is 0 Å². The Kier molecular flexibility index (Phi) is 9.04. The minimum absolute atomic E-state index is 0.312. The first-order chi connectivity index (χ1) is 12.2. The molecule has 2 aliphatic rings. The number of piperidine rings is 2. The molecule has 0 saturated carbocycles. The number of likely N-dealkylation sites (tertiary alicyclic amines) is 2. The molecule has 0 radical (unpaired) electrons. The molecule has 2 heterocycles. The van der Waals surface area contributed by atoms with Gasteiger partial charge in [-0.2, -0.15) is 0 Å². The Morgan fingerprint density at radius 1 is 0.960 bits per heavy atom. The molecule has 2 rings (SSSR count). The van der Waals surface area contributed by atoms with E-state index in [0.29, 0.717) is 5.54 Å². The molecule has 25 heavy (non-hydrogen) atoms. The fourth-order valence-corrected chi connectivity index (χ4v) is 4.24. The van der Waals surface area contributed by atoms with Gasteiger partial charge in [-0.05, 0) is 65.3 Å². The number of hydrogen-bond acceptors (Lipinski definition) is 3. The molecule has 0 aromatic rings. The molecule has 2 aliphatic heterocycles. The number of guanidine groups is 1. The van der Waals surface area contributed by atoms with E-state index in [1.165, 1.54) is 84.0 Å². The number of unbranched alkanes of at least 4 members (excludes halogenated alkanes) is 3. The van der Waals surface area contributed by atoms with E-state index in [1.54, 1.807) is 0 Å². The molecule has 0 spiro atoms. The zero-order chi connectivity index (χ0) is 18.0. The Morgan fingerprint density at radius 3 is 2.32 bits per heavy atom. The standard InChI is InChI=1S/C20H41N5/c1-4-5-6-8-13-22-19(21-2)23-18-20(11-16-24(3)17-12-20)25-14-9-7-10-15-25/h4-18H2,1-3H3,(H2,21,22,23). The fourth-order valence-electron chi connectivity index (χ4n) is 4.24. The van der Waals surface area contributed by atoms with Crippen LogP contribution in [0.4, 0.5) is 0 Å². The number of hydrogen-bond donors (Lipinski definition) is 2. The lowest BCUT2D eigenvalue weighted by molar-refractivity contribution is 0.0173. The van der Waals surface area contributed by atoms with Crippen LogP contribution in [-0.4, -0.2) is 74.7 Å². The predicted molar refractivity (Wildman–Crippen MR) is 108 cm³/mol. The first-order valence-corrected chi connectivity index (χ1v) is 10.6. The Morgan fingerprint density at radius 2 is 1.68 bits per heavy atom. The van der Waals surface area contributed by atoms with Crippen LogP contribution >= 0.6 is 0 Å². The van der Waals surface area contributed by atoms with E-state index < -0.39 is 0 Å². The number of rotatable bonds is 8. The maximum Gasteiger partial charge on any atom is 0.191 e. The summed E-state index contributed by atoms with van der Waals surface area (Å²) in [5.74, 6) is 0.979. The van der Waals surface area contributed by atoms with E-state index in [4.69, 9.17) is 0 Å². The first kappa shape index (κ1) is 20.5. The molecule has 146 valence electrons. The molecule has 0 bridgehead atoms. The van der Waals surface area contributed by atoms with Gasteiger partial charge in [0.2, 0.25) is 0 Å². The van der Waals surface area contributed by atoms with Gasteiger partial charge in [0.05, 0.1) is 0 Å². The van der Waals surface area contributed by atoms with Crippen molar-refractivity contribution in [1.82, 2.24) is 20.4 Å². The van der Waals surface area contributed by atoms with Crippen molar-refractivity contribution in [3.05, 3.63) is 0 Å². The quantitative estimate of drug-likeness (QED) is 0.401. The van der Waals surface area contributed by atoms with Crippen molar-refractivity contribution in [2.75, 3.05) is 53.4 Å². The molecule has 5 heteroatoms.